The Kier molecular flexibility index (Phi) is 4.36. The van der Waals surface area contributed by atoms with E-state index in [4.69, 9.17) is 10.2 Å². The molecule has 1 aliphatic rings. The smallest absolute Gasteiger partial charge is 0.139 e. The van der Waals surface area contributed by atoms with Crippen LogP contribution >= 0.6 is 0 Å². The average Bonchev–Trinajstić information content (AvgIpc) is 3.10. The molecule has 6 heteroatoms. The highest BCUT2D eigenvalue weighted by Crippen LogP contribution is 2.44. The Labute approximate surface area is 158 Å². The van der Waals surface area contributed by atoms with E-state index < -0.39 is 0 Å². The molecule has 0 amide bonds. The Balaban J connectivity index is 1.95. The fourth-order valence-corrected chi connectivity index (χ4v) is 3.89. The van der Waals surface area contributed by atoms with Crippen molar-refractivity contribution >= 4 is 11.5 Å². The number of aromatic amines is 1. The molecule has 27 heavy (non-hydrogen) atoms. The summed E-state index contributed by atoms with van der Waals surface area (Å²) >= 11 is 0. The highest BCUT2D eigenvalue weighted by atomic mass is 15.0. The SMILES string of the molecule is CCC(CC)(CCC#N)c1nc2c([nH]1)-c1cccnc1Nc1ccncc1-2. The topological polar surface area (TPSA) is 90.3 Å². The van der Waals surface area contributed by atoms with Crippen LogP contribution in [0.2, 0.25) is 0 Å². The predicted octanol–water partition coefficient (Wildman–Crippen LogP) is 4.95. The maximum Gasteiger partial charge on any atom is 0.139 e. The largest absolute Gasteiger partial charge is 0.341 e. The molecule has 0 atom stereocenters. The van der Waals surface area contributed by atoms with Gasteiger partial charge in [0.25, 0.3) is 0 Å². The summed E-state index contributed by atoms with van der Waals surface area (Å²) in [7, 11) is 0. The molecule has 0 fully saturated rings. The van der Waals surface area contributed by atoms with Crippen LogP contribution in [0.15, 0.2) is 36.8 Å². The molecule has 0 aliphatic carbocycles. The zero-order valence-electron chi connectivity index (χ0n) is 15.6. The number of hydrogen-bond donors (Lipinski definition) is 2. The van der Waals surface area contributed by atoms with Gasteiger partial charge in [-0.2, -0.15) is 5.26 Å². The third-order valence-electron chi connectivity index (χ3n) is 5.68. The van der Waals surface area contributed by atoms with E-state index in [9.17, 15) is 0 Å². The van der Waals surface area contributed by atoms with Gasteiger partial charge in [-0.3, -0.25) is 4.98 Å². The van der Waals surface area contributed by atoms with Crippen molar-refractivity contribution in [1.82, 2.24) is 19.9 Å². The summed E-state index contributed by atoms with van der Waals surface area (Å²) in [6, 6.07) is 8.22. The van der Waals surface area contributed by atoms with Gasteiger partial charge < -0.3 is 10.3 Å². The molecule has 136 valence electrons. The van der Waals surface area contributed by atoms with E-state index in [2.05, 4.69) is 40.2 Å². The minimum atomic E-state index is -0.139. The van der Waals surface area contributed by atoms with E-state index in [-0.39, 0.29) is 5.41 Å². The molecule has 4 heterocycles. The van der Waals surface area contributed by atoms with Gasteiger partial charge in [0.2, 0.25) is 0 Å². The van der Waals surface area contributed by atoms with Crippen LogP contribution in [0, 0.1) is 11.3 Å². The number of anilines is 2. The van der Waals surface area contributed by atoms with Gasteiger partial charge in [0.1, 0.15) is 17.3 Å². The monoisotopic (exact) mass is 358 g/mol. The van der Waals surface area contributed by atoms with Gasteiger partial charge in [-0.1, -0.05) is 13.8 Å². The lowest BCUT2D eigenvalue weighted by atomic mass is 9.77. The molecule has 2 N–H and O–H groups in total. The highest BCUT2D eigenvalue weighted by molar-refractivity contribution is 5.94. The van der Waals surface area contributed by atoms with E-state index in [1.54, 1.807) is 12.4 Å². The third-order valence-corrected chi connectivity index (χ3v) is 5.68. The molecule has 0 unspecified atom stereocenters. The second-order valence-corrected chi connectivity index (χ2v) is 6.90. The maximum atomic E-state index is 9.12. The molecule has 1 aliphatic heterocycles. The van der Waals surface area contributed by atoms with Crippen molar-refractivity contribution in [3.8, 4) is 28.6 Å². The van der Waals surface area contributed by atoms with Crippen molar-refractivity contribution in [2.75, 3.05) is 5.32 Å². The third kappa shape index (κ3) is 2.76. The second-order valence-electron chi connectivity index (χ2n) is 6.90. The Morgan fingerprint density at radius 2 is 2.00 bits per heavy atom. The summed E-state index contributed by atoms with van der Waals surface area (Å²) in [5.41, 5.74) is 4.59. The van der Waals surface area contributed by atoms with Gasteiger partial charge >= 0.3 is 0 Å². The molecule has 0 saturated carbocycles. The number of H-pyrrole nitrogens is 1. The summed E-state index contributed by atoms with van der Waals surface area (Å²) in [5, 5.41) is 12.5. The van der Waals surface area contributed by atoms with Gasteiger partial charge in [0.15, 0.2) is 0 Å². The Bertz CT molecular complexity index is 947. The molecular formula is C21H22N6. The summed E-state index contributed by atoms with van der Waals surface area (Å²) in [6.45, 7) is 4.34. The van der Waals surface area contributed by atoms with Gasteiger partial charge in [0.05, 0.1) is 17.5 Å². The average molecular weight is 358 g/mol. The van der Waals surface area contributed by atoms with Crippen LogP contribution < -0.4 is 5.32 Å². The van der Waals surface area contributed by atoms with Gasteiger partial charge in [0, 0.05) is 41.6 Å². The van der Waals surface area contributed by atoms with Crippen LogP contribution in [0.5, 0.6) is 0 Å². The molecule has 0 bridgehead atoms. The number of nitrogens with one attached hydrogen (secondary N) is 2. The zero-order chi connectivity index (χ0) is 18.9. The fourth-order valence-electron chi connectivity index (χ4n) is 3.89. The van der Waals surface area contributed by atoms with Crippen LogP contribution in [0.25, 0.3) is 22.5 Å². The number of imidazole rings is 1. The van der Waals surface area contributed by atoms with Gasteiger partial charge in [-0.05, 0) is 37.5 Å². The molecule has 0 aromatic carbocycles. The second kappa shape index (κ2) is 6.84. The zero-order valence-corrected chi connectivity index (χ0v) is 15.6. The molecule has 4 rings (SSSR count). The number of hydrogen-bond acceptors (Lipinski definition) is 5. The minimum Gasteiger partial charge on any atom is -0.341 e. The van der Waals surface area contributed by atoms with Gasteiger partial charge in [-0.15, -0.1) is 0 Å². The summed E-state index contributed by atoms with van der Waals surface area (Å²) < 4.78 is 0. The van der Waals surface area contributed by atoms with E-state index in [1.165, 1.54) is 0 Å². The predicted molar refractivity (Wildman–Crippen MR) is 105 cm³/mol. The first-order chi connectivity index (χ1) is 13.2. The minimum absolute atomic E-state index is 0.139. The van der Waals surface area contributed by atoms with Crippen LogP contribution in [-0.2, 0) is 5.41 Å². The van der Waals surface area contributed by atoms with Crippen molar-refractivity contribution < 1.29 is 0 Å². The summed E-state index contributed by atoms with van der Waals surface area (Å²) in [6.07, 6.45) is 8.55. The maximum absolute atomic E-state index is 9.12. The molecule has 0 radical (unpaired) electrons. The quantitative estimate of drug-likeness (QED) is 0.526. The van der Waals surface area contributed by atoms with Crippen LogP contribution in [0.4, 0.5) is 11.5 Å². The molecule has 0 spiro atoms. The van der Waals surface area contributed by atoms with Crippen molar-refractivity contribution in [2.24, 2.45) is 0 Å². The van der Waals surface area contributed by atoms with Crippen LogP contribution in [-0.4, -0.2) is 19.9 Å². The molecule has 0 saturated heterocycles. The van der Waals surface area contributed by atoms with Crippen molar-refractivity contribution in [2.45, 2.75) is 44.9 Å². The Morgan fingerprint density at radius 3 is 2.78 bits per heavy atom. The number of fused-ring (bicyclic) bond motifs is 5. The first-order valence-corrected chi connectivity index (χ1v) is 9.36. The van der Waals surface area contributed by atoms with E-state index in [0.717, 1.165) is 59.1 Å². The first-order valence-electron chi connectivity index (χ1n) is 9.36. The molecule has 3 aromatic rings. The Morgan fingerprint density at radius 1 is 1.15 bits per heavy atom. The van der Waals surface area contributed by atoms with E-state index in [0.29, 0.717) is 6.42 Å². The highest BCUT2D eigenvalue weighted by Gasteiger charge is 2.34. The fraction of sp³-hybridized carbons (Fsp3) is 0.333. The van der Waals surface area contributed by atoms with E-state index in [1.807, 2.05) is 24.4 Å². The van der Waals surface area contributed by atoms with Crippen molar-refractivity contribution in [3.05, 3.63) is 42.6 Å². The summed E-state index contributed by atoms with van der Waals surface area (Å²) in [5.74, 6) is 1.74. The number of nitriles is 1. The van der Waals surface area contributed by atoms with Crippen molar-refractivity contribution in [1.29, 1.82) is 5.26 Å². The number of aromatic nitrogens is 4. The van der Waals surface area contributed by atoms with Crippen molar-refractivity contribution in [3.63, 3.8) is 0 Å². The number of rotatable bonds is 5. The van der Waals surface area contributed by atoms with Crippen LogP contribution in [0.1, 0.15) is 45.4 Å². The lowest BCUT2D eigenvalue weighted by Crippen LogP contribution is -2.26. The molecule has 3 aromatic heterocycles. The molecule has 6 nitrogen and oxygen atoms in total. The van der Waals surface area contributed by atoms with Crippen LogP contribution in [0.3, 0.4) is 0 Å². The summed E-state index contributed by atoms with van der Waals surface area (Å²) in [4.78, 5) is 17.5. The van der Waals surface area contributed by atoms with E-state index >= 15 is 0 Å². The Hall–Kier alpha value is -3.20. The molecular weight excluding hydrogens is 336 g/mol. The normalized spacial score (nSPS) is 12.2. The lowest BCUT2D eigenvalue weighted by Gasteiger charge is -2.28. The number of nitrogens with zero attached hydrogens (tertiary/aromatic N) is 4. The first kappa shape index (κ1) is 17.2. The number of pyridine rings is 2. The van der Waals surface area contributed by atoms with Gasteiger partial charge in [-0.25, -0.2) is 9.97 Å². The standard InChI is InChI=1S/C21H22N6/c1-3-21(4-2,9-6-10-22)20-26-17-14-7-5-11-24-19(14)25-16-8-12-23-13-15(16)18(17)27-20/h5,7-8,11-13H,3-4,6,9H2,1-2H3,(H,24,25)(H,26,27). The lowest BCUT2D eigenvalue weighted by molar-refractivity contribution is 0.351.